The van der Waals surface area contributed by atoms with Crippen LogP contribution in [0.5, 0.6) is 0 Å². The third-order valence-electron chi connectivity index (χ3n) is 8.81. The van der Waals surface area contributed by atoms with Crippen LogP contribution in [0.15, 0.2) is 58.8 Å². The lowest BCUT2D eigenvalue weighted by Gasteiger charge is -2.32. The fraction of sp³-hybridized carbons (Fsp3) is 0.625. The van der Waals surface area contributed by atoms with Crippen LogP contribution in [0.4, 0.5) is 26.3 Å². The molecule has 2 aliphatic carbocycles. The zero-order valence-electron chi connectivity index (χ0n) is 26.5. The number of alkyl halides is 8. The summed E-state index contributed by atoms with van der Waals surface area (Å²) in [7, 11) is 0. The van der Waals surface area contributed by atoms with Crippen molar-refractivity contribution in [3.63, 3.8) is 0 Å². The average Bonchev–Trinajstić information content (AvgIpc) is 3.02. The highest BCUT2D eigenvalue weighted by Gasteiger charge is 2.49. The van der Waals surface area contributed by atoms with Crippen LogP contribution in [0.3, 0.4) is 0 Å². The zero-order chi connectivity index (χ0) is 35.7. The van der Waals surface area contributed by atoms with E-state index in [-0.39, 0.29) is 43.0 Å². The van der Waals surface area contributed by atoms with Gasteiger partial charge in [-0.05, 0) is 56.2 Å². The van der Waals surface area contributed by atoms with Gasteiger partial charge < -0.3 is 32.1 Å². The van der Waals surface area contributed by atoms with Gasteiger partial charge in [0.1, 0.15) is 13.2 Å². The number of halogens is 8. The van der Waals surface area contributed by atoms with Crippen LogP contribution in [0.1, 0.15) is 51.0 Å². The molecule has 0 aliphatic heterocycles. The lowest BCUT2D eigenvalue weighted by molar-refractivity contribution is -0.205. The monoisotopic (exact) mass is 729 g/mol. The van der Waals surface area contributed by atoms with E-state index < -0.39 is 72.4 Å². The summed E-state index contributed by atoms with van der Waals surface area (Å²) in [4.78, 5) is 18.0. The van der Waals surface area contributed by atoms with Crippen LogP contribution >= 0.6 is 23.2 Å². The van der Waals surface area contributed by atoms with Crippen molar-refractivity contribution in [2.45, 2.75) is 80.1 Å². The number of hydrogen-bond acceptors (Lipinski definition) is 7. The minimum atomic E-state index is -4.86. The molecule has 0 saturated carbocycles. The van der Waals surface area contributed by atoms with Crippen molar-refractivity contribution in [1.29, 1.82) is 0 Å². The predicted octanol–water partition coefficient (Wildman–Crippen LogP) is 6.02. The Kier molecular flexibility index (Phi) is 14.5. The second-order valence-electron chi connectivity index (χ2n) is 12.3. The van der Waals surface area contributed by atoms with E-state index in [9.17, 15) is 31.1 Å². The lowest BCUT2D eigenvalue weighted by Crippen LogP contribution is -2.48. The van der Waals surface area contributed by atoms with Crippen molar-refractivity contribution in [2.75, 3.05) is 26.3 Å². The Bertz CT molecular complexity index is 1300. The molecule has 0 radical (unpaired) electrons. The maximum absolute atomic E-state index is 13.6. The number of rotatable bonds is 15. The number of carbonyl (C=O) groups excluding carboxylic acids is 1. The standard InChI is InChI=1S/C32H43Cl2F6N5O3/c1-2-30(29(43)46,21-6-4-3-5-7-21)18-44-11-10-24(20-8-9-25(33)26(34)14-20)28(45-48-17-27(41)42)47-16-19-12-22(31(35,36)37)15-23(13-19)32(38,39)40/h3-8,12,22-27,44H,2,9-11,13-18,41-42H2,1H3,(H2,43,46)/b45-28-. The van der Waals surface area contributed by atoms with Crippen molar-refractivity contribution in [2.24, 2.45) is 40.1 Å². The summed E-state index contributed by atoms with van der Waals surface area (Å²) in [5, 5.41) is 6.52. The second kappa shape index (κ2) is 17.4. The molecule has 8 nitrogen and oxygen atoms in total. The Labute approximate surface area is 286 Å². The molecular formula is C32H43Cl2F6N5O3. The van der Waals surface area contributed by atoms with Gasteiger partial charge in [-0.25, -0.2) is 0 Å². The second-order valence-corrected chi connectivity index (χ2v) is 13.4. The van der Waals surface area contributed by atoms with E-state index >= 15 is 0 Å². The fourth-order valence-electron chi connectivity index (χ4n) is 6.00. The number of primary amides is 1. The molecule has 0 spiro atoms. The van der Waals surface area contributed by atoms with Gasteiger partial charge in [0.15, 0.2) is 0 Å². The van der Waals surface area contributed by atoms with Gasteiger partial charge in [-0.2, -0.15) is 26.3 Å². The van der Waals surface area contributed by atoms with E-state index in [1.807, 2.05) is 43.3 Å². The molecule has 0 fully saturated rings. The highest BCUT2D eigenvalue weighted by atomic mass is 35.5. The number of oxime groups is 1. The van der Waals surface area contributed by atoms with E-state index in [4.69, 9.17) is 50.0 Å². The highest BCUT2D eigenvalue weighted by molar-refractivity contribution is 6.30. The Balaban J connectivity index is 1.89. The van der Waals surface area contributed by atoms with E-state index in [0.717, 1.165) is 17.2 Å². The van der Waals surface area contributed by atoms with E-state index in [1.165, 1.54) is 0 Å². The Morgan fingerprint density at radius 2 is 1.75 bits per heavy atom. The molecule has 1 aromatic carbocycles. The molecule has 0 bridgehead atoms. The van der Waals surface area contributed by atoms with E-state index in [2.05, 4.69) is 10.5 Å². The van der Waals surface area contributed by atoms with Crippen molar-refractivity contribution >= 4 is 35.0 Å². The van der Waals surface area contributed by atoms with Gasteiger partial charge in [0.2, 0.25) is 11.8 Å². The number of nitrogens with two attached hydrogens (primary N) is 3. The van der Waals surface area contributed by atoms with Gasteiger partial charge >= 0.3 is 12.4 Å². The molecule has 270 valence electrons. The minimum absolute atomic E-state index is 0.0982. The van der Waals surface area contributed by atoms with Crippen LogP contribution in [0, 0.1) is 17.8 Å². The fourth-order valence-corrected chi connectivity index (χ4v) is 6.45. The molecule has 0 saturated heterocycles. The number of benzene rings is 1. The van der Waals surface area contributed by atoms with Gasteiger partial charge in [-0.1, -0.05) is 60.1 Å². The molecule has 1 aromatic rings. The van der Waals surface area contributed by atoms with Crippen LogP contribution in [0.2, 0.25) is 0 Å². The summed E-state index contributed by atoms with van der Waals surface area (Å²) in [6.07, 6.45) is -8.34. The molecule has 3 rings (SSSR count). The van der Waals surface area contributed by atoms with Crippen LogP contribution in [0.25, 0.3) is 0 Å². The summed E-state index contributed by atoms with van der Waals surface area (Å²) in [6.45, 7) is 1.47. The topological polar surface area (TPSA) is 138 Å². The smallest absolute Gasteiger partial charge is 0.395 e. The molecule has 48 heavy (non-hydrogen) atoms. The average molecular weight is 731 g/mol. The maximum atomic E-state index is 13.6. The summed E-state index contributed by atoms with van der Waals surface area (Å²) < 4.78 is 87.6. The Morgan fingerprint density at radius 3 is 2.31 bits per heavy atom. The predicted molar refractivity (Wildman–Crippen MR) is 173 cm³/mol. The normalized spacial score (nSPS) is 24.4. The number of allylic oxidation sites excluding steroid dienone is 2. The van der Waals surface area contributed by atoms with Crippen LogP contribution in [-0.4, -0.2) is 67.4 Å². The first kappa shape index (κ1) is 39.9. The van der Waals surface area contributed by atoms with Gasteiger partial charge in [0.05, 0.1) is 40.1 Å². The van der Waals surface area contributed by atoms with E-state index in [1.54, 1.807) is 0 Å². The molecule has 0 heterocycles. The number of amides is 1. The van der Waals surface area contributed by atoms with Gasteiger partial charge in [0, 0.05) is 6.54 Å². The summed E-state index contributed by atoms with van der Waals surface area (Å²) in [5.74, 6) is -5.76. The summed E-state index contributed by atoms with van der Waals surface area (Å²) in [6, 6.07) is 9.08. The molecule has 16 heteroatoms. The first-order chi connectivity index (χ1) is 22.5. The maximum Gasteiger partial charge on any atom is 0.395 e. The zero-order valence-corrected chi connectivity index (χ0v) is 28.0. The Morgan fingerprint density at radius 1 is 1.06 bits per heavy atom. The number of carbonyl (C=O) groups is 1. The summed E-state index contributed by atoms with van der Waals surface area (Å²) in [5.41, 5.74) is 17.3. The number of ether oxygens (including phenoxy) is 1. The van der Waals surface area contributed by atoms with E-state index in [0.29, 0.717) is 19.3 Å². The van der Waals surface area contributed by atoms with Gasteiger partial charge in [0.25, 0.3) is 0 Å². The minimum Gasteiger partial charge on any atom is -0.474 e. The van der Waals surface area contributed by atoms with Gasteiger partial charge in [-0.3, -0.25) is 4.79 Å². The molecule has 7 N–H and O–H groups in total. The first-order valence-electron chi connectivity index (χ1n) is 15.7. The third-order valence-corrected chi connectivity index (χ3v) is 9.88. The molecular weight excluding hydrogens is 687 g/mol. The lowest BCUT2D eigenvalue weighted by atomic mass is 9.77. The third kappa shape index (κ3) is 11.0. The molecule has 6 atom stereocenters. The SMILES string of the molecule is CCC(CNCCC(C1=CCC(Cl)C(Cl)C1)/C(=N/OCC(N)N)OCC1=CC(C(F)(F)F)CC(C(F)(F)F)C1)(C(N)=O)c1ccccc1. The molecule has 2 aliphatic rings. The number of hydrogen-bond donors (Lipinski definition) is 4. The molecule has 0 aromatic heterocycles. The van der Waals surface area contributed by atoms with Crippen LogP contribution < -0.4 is 22.5 Å². The quantitative estimate of drug-likeness (QED) is 0.0255. The van der Waals surface area contributed by atoms with Crippen molar-refractivity contribution in [3.05, 3.63) is 59.2 Å². The Hall–Kier alpha value is -2.52. The first-order valence-corrected chi connectivity index (χ1v) is 16.5. The van der Waals surface area contributed by atoms with Crippen molar-refractivity contribution in [3.8, 4) is 0 Å². The van der Waals surface area contributed by atoms with Gasteiger partial charge in [-0.15, -0.1) is 23.2 Å². The van der Waals surface area contributed by atoms with Crippen molar-refractivity contribution < 1.29 is 40.7 Å². The highest BCUT2D eigenvalue weighted by Crippen LogP contribution is 2.45. The molecule has 1 amide bonds. The summed E-state index contributed by atoms with van der Waals surface area (Å²) >= 11 is 12.9. The number of nitrogens with one attached hydrogen (secondary N) is 1. The number of nitrogens with zero attached hydrogens (tertiary/aromatic N) is 1. The van der Waals surface area contributed by atoms with Crippen molar-refractivity contribution in [1.82, 2.24) is 5.32 Å². The largest absolute Gasteiger partial charge is 0.474 e. The van der Waals surface area contributed by atoms with Crippen LogP contribution in [-0.2, 0) is 19.8 Å². The molecule has 6 unspecified atom stereocenters.